The van der Waals surface area contributed by atoms with Gasteiger partial charge < -0.3 is 0 Å². The Balaban J connectivity index is 4.56. The van der Waals surface area contributed by atoms with Crippen molar-refractivity contribution in [3.8, 4) is 0 Å². The van der Waals surface area contributed by atoms with Crippen molar-refractivity contribution in [2.24, 2.45) is 0 Å². The molecule has 0 fully saturated rings. The van der Waals surface area contributed by atoms with Crippen molar-refractivity contribution < 1.29 is 19.6 Å². The van der Waals surface area contributed by atoms with Gasteiger partial charge in [0.15, 0.2) is 0 Å². The number of unbranched alkanes of at least 4 members (excludes halogenated alkanes) is 4. The zero-order valence-electron chi connectivity index (χ0n) is 16.8. The number of hydrogen-bond donors (Lipinski definition) is 0. The van der Waals surface area contributed by atoms with Crippen LogP contribution in [-0.2, 0) is 19.6 Å². The third-order valence-corrected chi connectivity index (χ3v) is 4.32. The summed E-state index contributed by atoms with van der Waals surface area (Å²) in [6, 6.07) is 0. The predicted octanol–water partition coefficient (Wildman–Crippen LogP) is 6.34. The van der Waals surface area contributed by atoms with Crippen molar-refractivity contribution in [3.05, 3.63) is 0 Å². The molecule has 0 amide bonds. The highest BCUT2D eigenvalue weighted by atomic mass is 17.3. The van der Waals surface area contributed by atoms with Crippen LogP contribution < -0.4 is 0 Å². The summed E-state index contributed by atoms with van der Waals surface area (Å²) in [4.78, 5) is 22.6. The molecule has 0 aromatic heterocycles. The standard InChI is InChI=1S/C19H40O4/c1-9-12-13-14-15-16-19(8,22-20-17(4,5)10-2)23-21-18(6,7)11-3/h9-16H2,1-8H3. The SMILES string of the molecule is CCCCCCCC(C)(OOC(C)(C)CC)OOC(C)(C)CC. The summed E-state index contributed by atoms with van der Waals surface area (Å²) in [5, 5.41) is 0. The van der Waals surface area contributed by atoms with E-state index in [0.717, 1.165) is 25.7 Å². The van der Waals surface area contributed by atoms with Crippen LogP contribution in [0, 0.1) is 0 Å². The van der Waals surface area contributed by atoms with Gasteiger partial charge in [0.2, 0.25) is 5.79 Å². The molecule has 0 N–H and O–H groups in total. The molecule has 0 aliphatic heterocycles. The summed E-state index contributed by atoms with van der Waals surface area (Å²) in [5.41, 5.74) is -0.680. The summed E-state index contributed by atoms with van der Waals surface area (Å²) >= 11 is 0. The van der Waals surface area contributed by atoms with Crippen LogP contribution in [0.15, 0.2) is 0 Å². The van der Waals surface area contributed by atoms with Gasteiger partial charge in [0, 0.05) is 6.42 Å². The third-order valence-electron chi connectivity index (χ3n) is 4.32. The zero-order chi connectivity index (χ0) is 18.0. The van der Waals surface area contributed by atoms with Gasteiger partial charge in [0.05, 0.1) is 11.2 Å². The van der Waals surface area contributed by atoms with E-state index in [1.54, 1.807) is 0 Å². The van der Waals surface area contributed by atoms with E-state index in [1.165, 1.54) is 25.7 Å². The molecule has 0 saturated carbocycles. The normalized spacial score (nSPS) is 13.6. The summed E-state index contributed by atoms with van der Waals surface area (Å²) in [5.74, 6) is -0.884. The van der Waals surface area contributed by atoms with E-state index in [0.29, 0.717) is 0 Å². The zero-order valence-corrected chi connectivity index (χ0v) is 16.8. The second kappa shape index (κ2) is 10.7. The summed E-state index contributed by atoms with van der Waals surface area (Å²) in [6.45, 7) is 16.3. The summed E-state index contributed by atoms with van der Waals surface area (Å²) < 4.78 is 0. The maximum atomic E-state index is 5.68. The van der Waals surface area contributed by atoms with Crippen LogP contribution in [0.25, 0.3) is 0 Å². The van der Waals surface area contributed by atoms with Crippen LogP contribution in [0.2, 0.25) is 0 Å². The minimum atomic E-state index is -0.884. The van der Waals surface area contributed by atoms with Crippen molar-refractivity contribution in [2.45, 2.75) is 124 Å². The second-order valence-electron chi connectivity index (χ2n) is 7.86. The Hall–Kier alpha value is -0.160. The van der Waals surface area contributed by atoms with Crippen LogP contribution in [-0.4, -0.2) is 17.0 Å². The average Bonchev–Trinajstić information content (AvgIpc) is 2.51. The van der Waals surface area contributed by atoms with Gasteiger partial charge in [-0.05, 0) is 53.9 Å². The molecule has 4 nitrogen and oxygen atoms in total. The lowest BCUT2D eigenvalue weighted by atomic mass is 10.1. The highest BCUT2D eigenvalue weighted by Crippen LogP contribution is 2.28. The van der Waals surface area contributed by atoms with Crippen molar-refractivity contribution in [3.63, 3.8) is 0 Å². The van der Waals surface area contributed by atoms with Crippen LogP contribution >= 0.6 is 0 Å². The Morgan fingerprint density at radius 1 is 0.565 bits per heavy atom. The first kappa shape index (κ1) is 22.8. The molecule has 0 rings (SSSR count). The van der Waals surface area contributed by atoms with Gasteiger partial charge in [0.25, 0.3) is 0 Å². The molecule has 4 heteroatoms. The molecule has 0 spiro atoms. The molecule has 0 heterocycles. The number of rotatable bonds is 14. The van der Waals surface area contributed by atoms with E-state index in [4.69, 9.17) is 19.6 Å². The average molecular weight is 333 g/mol. The van der Waals surface area contributed by atoms with E-state index < -0.39 is 5.79 Å². The Kier molecular flexibility index (Phi) is 10.6. The fraction of sp³-hybridized carbons (Fsp3) is 1.00. The third kappa shape index (κ3) is 11.1. The fourth-order valence-electron chi connectivity index (χ4n) is 1.67. The Morgan fingerprint density at radius 3 is 1.39 bits per heavy atom. The highest BCUT2D eigenvalue weighted by molar-refractivity contribution is 4.66. The van der Waals surface area contributed by atoms with Crippen LogP contribution in [0.5, 0.6) is 0 Å². The van der Waals surface area contributed by atoms with E-state index in [9.17, 15) is 0 Å². The lowest BCUT2D eigenvalue weighted by molar-refractivity contribution is -0.540. The van der Waals surface area contributed by atoms with E-state index in [1.807, 2.05) is 34.6 Å². The molecule has 0 aliphatic carbocycles. The smallest absolute Gasteiger partial charge is 0.228 e. The lowest BCUT2D eigenvalue weighted by Gasteiger charge is -2.34. The van der Waals surface area contributed by atoms with E-state index in [-0.39, 0.29) is 11.2 Å². The molecule has 0 aromatic carbocycles. The molecule has 140 valence electrons. The van der Waals surface area contributed by atoms with E-state index >= 15 is 0 Å². The predicted molar refractivity (Wildman–Crippen MR) is 94.9 cm³/mol. The summed E-state index contributed by atoms with van der Waals surface area (Å²) in [7, 11) is 0. The molecule has 23 heavy (non-hydrogen) atoms. The minimum Gasteiger partial charge on any atom is -0.228 e. The van der Waals surface area contributed by atoms with Crippen molar-refractivity contribution >= 4 is 0 Å². The fourth-order valence-corrected chi connectivity index (χ4v) is 1.67. The van der Waals surface area contributed by atoms with Gasteiger partial charge in [-0.3, -0.25) is 0 Å². The number of hydrogen-bond acceptors (Lipinski definition) is 4. The minimum absolute atomic E-state index is 0.340. The Morgan fingerprint density at radius 2 is 1.00 bits per heavy atom. The molecule has 0 aliphatic rings. The second-order valence-corrected chi connectivity index (χ2v) is 7.86. The van der Waals surface area contributed by atoms with Crippen LogP contribution in [0.3, 0.4) is 0 Å². The maximum Gasteiger partial charge on any atom is 0.231 e. The molecule has 0 radical (unpaired) electrons. The van der Waals surface area contributed by atoms with E-state index in [2.05, 4.69) is 20.8 Å². The monoisotopic (exact) mass is 332 g/mol. The van der Waals surface area contributed by atoms with Gasteiger partial charge in [-0.15, -0.1) is 0 Å². The molecule has 0 saturated heterocycles. The molecular weight excluding hydrogens is 292 g/mol. The van der Waals surface area contributed by atoms with Gasteiger partial charge in [-0.2, -0.15) is 9.78 Å². The quantitative estimate of drug-likeness (QED) is 0.161. The van der Waals surface area contributed by atoms with Gasteiger partial charge in [-0.1, -0.05) is 46.5 Å². The lowest BCUT2D eigenvalue weighted by Crippen LogP contribution is -2.39. The van der Waals surface area contributed by atoms with Crippen molar-refractivity contribution in [1.82, 2.24) is 0 Å². The highest BCUT2D eigenvalue weighted by Gasteiger charge is 2.34. The summed E-state index contributed by atoms with van der Waals surface area (Å²) in [6.07, 6.45) is 8.43. The van der Waals surface area contributed by atoms with Crippen LogP contribution in [0.4, 0.5) is 0 Å². The Labute approximate surface area is 144 Å². The maximum absolute atomic E-state index is 5.68. The molecule has 0 bridgehead atoms. The largest absolute Gasteiger partial charge is 0.231 e. The molecular formula is C19H40O4. The topological polar surface area (TPSA) is 36.9 Å². The van der Waals surface area contributed by atoms with Gasteiger partial charge in [0.1, 0.15) is 0 Å². The first-order valence-electron chi connectivity index (χ1n) is 9.33. The molecule has 0 aromatic rings. The molecule has 0 unspecified atom stereocenters. The van der Waals surface area contributed by atoms with Crippen LogP contribution in [0.1, 0.15) is 107 Å². The first-order valence-corrected chi connectivity index (χ1v) is 9.33. The Bertz CT molecular complexity index is 280. The van der Waals surface area contributed by atoms with Crippen molar-refractivity contribution in [2.75, 3.05) is 0 Å². The molecule has 0 atom stereocenters. The first-order chi connectivity index (χ1) is 10.6. The van der Waals surface area contributed by atoms with Crippen molar-refractivity contribution in [1.29, 1.82) is 0 Å². The van der Waals surface area contributed by atoms with Gasteiger partial charge in [-0.25, -0.2) is 9.78 Å². The van der Waals surface area contributed by atoms with Gasteiger partial charge >= 0.3 is 0 Å².